The number of benzene rings is 1. The summed E-state index contributed by atoms with van der Waals surface area (Å²) in [6, 6.07) is 3.55. The monoisotopic (exact) mass is 300 g/mol. The molecule has 0 amide bonds. The van der Waals surface area contributed by atoms with E-state index in [0.717, 1.165) is 16.7 Å². The summed E-state index contributed by atoms with van der Waals surface area (Å²) in [6.07, 6.45) is -0.158. The molecule has 0 spiro atoms. The lowest BCUT2D eigenvalue weighted by molar-refractivity contribution is 0.0799. The van der Waals surface area contributed by atoms with Crippen molar-refractivity contribution in [2.45, 2.75) is 45.2 Å². The van der Waals surface area contributed by atoms with Gasteiger partial charge in [-0.25, -0.2) is 13.1 Å². The maximum absolute atomic E-state index is 12.4. The van der Waals surface area contributed by atoms with E-state index in [4.69, 9.17) is 10.5 Å². The maximum atomic E-state index is 12.4. The fourth-order valence-electron chi connectivity index (χ4n) is 1.94. The molecule has 0 aromatic heterocycles. The Morgan fingerprint density at radius 1 is 1.35 bits per heavy atom. The molecule has 0 aliphatic carbocycles. The van der Waals surface area contributed by atoms with Crippen molar-refractivity contribution >= 4 is 10.0 Å². The van der Waals surface area contributed by atoms with E-state index in [9.17, 15) is 8.42 Å². The first-order valence-electron chi connectivity index (χ1n) is 6.73. The molecule has 1 atom stereocenters. The van der Waals surface area contributed by atoms with Crippen molar-refractivity contribution in [2.75, 3.05) is 13.2 Å². The van der Waals surface area contributed by atoms with Gasteiger partial charge >= 0.3 is 0 Å². The Labute approximate surface area is 121 Å². The average Bonchev–Trinajstić information content (AvgIpc) is 2.39. The van der Waals surface area contributed by atoms with Crippen LogP contribution in [-0.4, -0.2) is 27.7 Å². The van der Waals surface area contributed by atoms with Crippen LogP contribution in [0.25, 0.3) is 0 Å². The van der Waals surface area contributed by atoms with Gasteiger partial charge in [-0.05, 0) is 50.5 Å². The largest absolute Gasteiger partial charge is 0.377 e. The van der Waals surface area contributed by atoms with E-state index in [1.165, 1.54) is 0 Å². The van der Waals surface area contributed by atoms with Gasteiger partial charge in [0.05, 0.1) is 11.0 Å². The number of ether oxygens (including phenoxy) is 1. The summed E-state index contributed by atoms with van der Waals surface area (Å²) in [6.45, 7) is 8.53. The zero-order chi connectivity index (χ0) is 15.3. The second-order valence-electron chi connectivity index (χ2n) is 4.86. The molecule has 6 heteroatoms. The highest BCUT2D eigenvalue weighted by Crippen LogP contribution is 2.21. The zero-order valence-electron chi connectivity index (χ0n) is 12.6. The van der Waals surface area contributed by atoms with Crippen molar-refractivity contribution in [3.05, 3.63) is 28.8 Å². The lowest BCUT2D eigenvalue weighted by Crippen LogP contribution is -2.32. The molecule has 0 saturated heterocycles. The third kappa shape index (κ3) is 4.28. The lowest BCUT2D eigenvalue weighted by atomic mass is 10.1. The smallest absolute Gasteiger partial charge is 0.240 e. The van der Waals surface area contributed by atoms with E-state index >= 15 is 0 Å². The molecule has 0 heterocycles. The summed E-state index contributed by atoms with van der Waals surface area (Å²) in [5.74, 6) is 0. The van der Waals surface area contributed by atoms with E-state index in [0.29, 0.717) is 18.0 Å². The molecule has 1 rings (SSSR count). The molecule has 0 fully saturated rings. The average molecular weight is 300 g/mol. The van der Waals surface area contributed by atoms with Gasteiger partial charge in [0.2, 0.25) is 10.0 Å². The summed E-state index contributed by atoms with van der Waals surface area (Å²) in [5.41, 5.74) is 8.09. The maximum Gasteiger partial charge on any atom is 0.240 e. The number of nitrogens with one attached hydrogen (secondary N) is 1. The summed E-state index contributed by atoms with van der Waals surface area (Å²) >= 11 is 0. The predicted octanol–water partition coefficient (Wildman–Crippen LogP) is 1.47. The van der Waals surface area contributed by atoms with Gasteiger partial charge in [-0.3, -0.25) is 0 Å². The van der Waals surface area contributed by atoms with Crippen molar-refractivity contribution in [1.82, 2.24) is 4.72 Å². The first kappa shape index (κ1) is 17.1. The zero-order valence-corrected chi connectivity index (χ0v) is 13.4. The molecular formula is C14H24N2O3S. The van der Waals surface area contributed by atoms with E-state index in [-0.39, 0.29) is 12.6 Å². The molecule has 1 unspecified atom stereocenters. The standard InChI is InChI=1S/C14H24N2O3S/c1-5-19-11(3)9-16-20(17,18)14-7-13(8-15)6-10(2)12(14)4/h6-7,11,16H,5,8-9,15H2,1-4H3. The van der Waals surface area contributed by atoms with Crippen LogP contribution in [0.15, 0.2) is 17.0 Å². The van der Waals surface area contributed by atoms with Gasteiger partial charge in [0, 0.05) is 19.7 Å². The van der Waals surface area contributed by atoms with Gasteiger partial charge in [-0.2, -0.15) is 0 Å². The van der Waals surface area contributed by atoms with Crippen molar-refractivity contribution in [1.29, 1.82) is 0 Å². The Hall–Kier alpha value is -0.950. The first-order chi connectivity index (χ1) is 9.31. The second kappa shape index (κ2) is 7.17. The van der Waals surface area contributed by atoms with Crippen LogP contribution >= 0.6 is 0 Å². The number of aryl methyl sites for hydroxylation is 1. The molecule has 0 radical (unpaired) electrons. The van der Waals surface area contributed by atoms with Crippen LogP contribution in [0.1, 0.15) is 30.5 Å². The van der Waals surface area contributed by atoms with Crippen LogP contribution in [0.5, 0.6) is 0 Å². The fourth-order valence-corrected chi connectivity index (χ4v) is 3.42. The van der Waals surface area contributed by atoms with Gasteiger partial charge in [0.1, 0.15) is 0 Å². The second-order valence-corrected chi connectivity index (χ2v) is 6.59. The lowest BCUT2D eigenvalue weighted by Gasteiger charge is -2.16. The first-order valence-corrected chi connectivity index (χ1v) is 8.21. The van der Waals surface area contributed by atoms with Gasteiger partial charge < -0.3 is 10.5 Å². The summed E-state index contributed by atoms with van der Waals surface area (Å²) < 4.78 is 32.7. The van der Waals surface area contributed by atoms with Crippen LogP contribution in [0.2, 0.25) is 0 Å². The molecule has 0 bridgehead atoms. The molecule has 0 aliphatic heterocycles. The molecule has 1 aromatic rings. The number of hydrogen-bond donors (Lipinski definition) is 2. The highest BCUT2D eigenvalue weighted by Gasteiger charge is 2.19. The Morgan fingerprint density at radius 3 is 2.55 bits per heavy atom. The molecule has 0 aliphatic rings. The highest BCUT2D eigenvalue weighted by molar-refractivity contribution is 7.89. The number of rotatable bonds is 7. The van der Waals surface area contributed by atoms with E-state index < -0.39 is 10.0 Å². The van der Waals surface area contributed by atoms with Crippen molar-refractivity contribution < 1.29 is 13.2 Å². The van der Waals surface area contributed by atoms with Crippen molar-refractivity contribution in [3.63, 3.8) is 0 Å². The fraction of sp³-hybridized carbons (Fsp3) is 0.571. The SMILES string of the molecule is CCOC(C)CNS(=O)(=O)c1cc(CN)cc(C)c1C. The topological polar surface area (TPSA) is 81.4 Å². The molecule has 5 nitrogen and oxygen atoms in total. The predicted molar refractivity (Wildman–Crippen MR) is 80.1 cm³/mol. The van der Waals surface area contributed by atoms with Gasteiger partial charge in [-0.15, -0.1) is 0 Å². The molecule has 1 aromatic carbocycles. The third-order valence-corrected chi connectivity index (χ3v) is 4.77. The Bertz CT molecular complexity index is 556. The van der Waals surface area contributed by atoms with E-state index in [2.05, 4.69) is 4.72 Å². The van der Waals surface area contributed by atoms with Crippen molar-refractivity contribution in [3.8, 4) is 0 Å². The summed E-state index contributed by atoms with van der Waals surface area (Å²) in [5, 5.41) is 0. The van der Waals surface area contributed by atoms with E-state index in [1.54, 1.807) is 13.0 Å². The Morgan fingerprint density at radius 2 is 2.00 bits per heavy atom. The number of hydrogen-bond acceptors (Lipinski definition) is 4. The highest BCUT2D eigenvalue weighted by atomic mass is 32.2. The Balaban J connectivity index is 3.00. The number of nitrogens with two attached hydrogens (primary N) is 1. The molecule has 114 valence electrons. The van der Waals surface area contributed by atoms with Gasteiger partial charge in [-0.1, -0.05) is 6.07 Å². The minimum atomic E-state index is -3.54. The van der Waals surface area contributed by atoms with E-state index in [1.807, 2.05) is 26.8 Å². The summed E-state index contributed by atoms with van der Waals surface area (Å²) in [7, 11) is -3.54. The molecular weight excluding hydrogens is 276 g/mol. The molecule has 20 heavy (non-hydrogen) atoms. The van der Waals surface area contributed by atoms with Crippen LogP contribution in [0.3, 0.4) is 0 Å². The van der Waals surface area contributed by atoms with Crippen LogP contribution in [-0.2, 0) is 21.3 Å². The van der Waals surface area contributed by atoms with Gasteiger partial charge in [0.25, 0.3) is 0 Å². The third-order valence-electron chi connectivity index (χ3n) is 3.22. The normalized spacial score (nSPS) is 13.4. The molecule has 3 N–H and O–H groups in total. The number of sulfonamides is 1. The Kier molecular flexibility index (Phi) is 6.13. The van der Waals surface area contributed by atoms with Crippen LogP contribution in [0.4, 0.5) is 0 Å². The van der Waals surface area contributed by atoms with Gasteiger partial charge in [0.15, 0.2) is 0 Å². The van der Waals surface area contributed by atoms with Crippen LogP contribution < -0.4 is 10.5 Å². The van der Waals surface area contributed by atoms with Crippen LogP contribution in [0, 0.1) is 13.8 Å². The minimum absolute atomic E-state index is 0.158. The quantitative estimate of drug-likeness (QED) is 0.799. The minimum Gasteiger partial charge on any atom is -0.377 e. The van der Waals surface area contributed by atoms with Crippen molar-refractivity contribution in [2.24, 2.45) is 5.73 Å². The summed E-state index contributed by atoms with van der Waals surface area (Å²) in [4.78, 5) is 0.293. The molecule has 0 saturated carbocycles.